The van der Waals surface area contributed by atoms with Crippen LogP contribution in [-0.4, -0.2) is 24.1 Å². The molecule has 0 unspecified atom stereocenters. The van der Waals surface area contributed by atoms with Gasteiger partial charge in [-0.3, -0.25) is 9.13 Å². The normalized spacial score (nSPS) is 12.1. The fraction of sp³-hybridized carbons (Fsp3) is 0.171. The zero-order valence-corrected chi connectivity index (χ0v) is 48.5. The first-order chi connectivity index (χ1) is 40.4. The van der Waals surface area contributed by atoms with Crippen molar-refractivity contribution < 1.29 is 9.15 Å². The molecule has 0 saturated heterocycles. The number of fused-ring (bicyclic) bond motifs is 9. The molecule has 83 heavy (non-hydrogen) atoms. The number of nitrogens with zero attached hydrogens (tertiary/aromatic N) is 5. The number of aromatic nitrogens is 5. The van der Waals surface area contributed by atoms with E-state index in [4.69, 9.17) is 24.1 Å². The number of furan rings is 1. The molecule has 0 aliphatic carbocycles. The first kappa shape index (κ1) is 51.5. The third kappa shape index (κ3) is 8.76. The van der Waals surface area contributed by atoms with Crippen LogP contribution in [0.25, 0.3) is 122 Å². The molecule has 4 aromatic heterocycles. The van der Waals surface area contributed by atoms with Gasteiger partial charge < -0.3 is 9.15 Å². The molecule has 10 aromatic carbocycles. The summed E-state index contributed by atoms with van der Waals surface area (Å²) in [5.41, 5.74) is 21.0. The second-order valence-electron chi connectivity index (χ2n) is 23.5. The van der Waals surface area contributed by atoms with E-state index in [1.165, 1.54) is 50.2 Å². The summed E-state index contributed by atoms with van der Waals surface area (Å²) >= 11 is 0. The van der Waals surface area contributed by atoms with Gasteiger partial charge in [0.2, 0.25) is 0 Å². The highest BCUT2D eigenvalue weighted by Crippen LogP contribution is 2.47. The van der Waals surface area contributed by atoms with Crippen LogP contribution < -0.4 is 4.74 Å². The van der Waals surface area contributed by atoms with Gasteiger partial charge in [0, 0.05) is 32.8 Å². The maximum atomic E-state index is 7.34. The standard InChI is InChI=1S/C76H65N5O2/c1-44(2)60-38-52(49-23-12-10-13-24-49)39-61(45(3)4)71(60)80-68-33-20-18-31-66(68)78-75(80)51-27-22-28-54(37-51)82-55-42-64-59-36-35-58-57-30-17-16-29-56(57)48(9)77-70(58)74(59)83-73(64)65(43-55)76-79-67-32-19-21-34-69(67)81(76)72-62(46(5)6)40-53(41-63(72)47(7)8)50-25-14-11-15-26-50/h10-47H,1-9H3. The van der Waals surface area contributed by atoms with Crippen molar-refractivity contribution >= 4 is 65.7 Å². The van der Waals surface area contributed by atoms with Crippen molar-refractivity contribution in [2.24, 2.45) is 0 Å². The summed E-state index contributed by atoms with van der Waals surface area (Å²) in [5.74, 6) is 3.75. The summed E-state index contributed by atoms with van der Waals surface area (Å²) in [4.78, 5) is 16.4. The fourth-order valence-corrected chi connectivity index (χ4v) is 12.7. The van der Waals surface area contributed by atoms with E-state index in [0.717, 1.165) is 94.3 Å². The molecule has 0 fully saturated rings. The van der Waals surface area contributed by atoms with Gasteiger partial charge in [-0.15, -0.1) is 0 Å². The van der Waals surface area contributed by atoms with Gasteiger partial charge in [-0.1, -0.05) is 183 Å². The predicted molar refractivity (Wildman–Crippen MR) is 345 cm³/mol. The molecule has 14 rings (SSSR count). The molecule has 0 N–H and O–H groups in total. The smallest absolute Gasteiger partial charge is 0.161 e. The van der Waals surface area contributed by atoms with Crippen molar-refractivity contribution in [3.8, 4) is 67.9 Å². The Morgan fingerprint density at radius 2 is 0.843 bits per heavy atom. The number of pyridine rings is 1. The molecule has 0 aliphatic rings. The van der Waals surface area contributed by atoms with E-state index < -0.39 is 0 Å². The van der Waals surface area contributed by atoms with E-state index in [-0.39, 0.29) is 23.7 Å². The Morgan fingerprint density at radius 3 is 1.41 bits per heavy atom. The molecular formula is C76H65N5O2. The van der Waals surface area contributed by atoms with E-state index in [1.807, 2.05) is 6.07 Å². The minimum atomic E-state index is 0.180. The Bertz CT molecular complexity index is 4790. The molecule has 0 spiro atoms. The second kappa shape index (κ2) is 20.4. The Labute approximate surface area is 484 Å². The monoisotopic (exact) mass is 1080 g/mol. The number of ether oxygens (including phenoxy) is 1. The molecule has 0 bridgehead atoms. The van der Waals surface area contributed by atoms with E-state index in [1.54, 1.807) is 0 Å². The van der Waals surface area contributed by atoms with Crippen LogP contribution in [0.2, 0.25) is 0 Å². The van der Waals surface area contributed by atoms with Crippen LogP contribution >= 0.6 is 0 Å². The lowest BCUT2D eigenvalue weighted by Crippen LogP contribution is -2.09. The number of benzene rings is 10. The van der Waals surface area contributed by atoms with Gasteiger partial charge in [0.1, 0.15) is 34.2 Å². The largest absolute Gasteiger partial charge is 0.457 e. The van der Waals surface area contributed by atoms with Gasteiger partial charge in [0.15, 0.2) is 5.58 Å². The van der Waals surface area contributed by atoms with Gasteiger partial charge in [-0.05, 0) is 159 Å². The molecule has 4 heterocycles. The van der Waals surface area contributed by atoms with Gasteiger partial charge in [-0.25, -0.2) is 15.0 Å². The highest BCUT2D eigenvalue weighted by Gasteiger charge is 2.29. The Kier molecular flexibility index (Phi) is 12.7. The average molecular weight is 1080 g/mol. The third-order valence-electron chi connectivity index (χ3n) is 16.8. The predicted octanol–water partition coefficient (Wildman–Crippen LogP) is 21.2. The van der Waals surface area contributed by atoms with Crippen molar-refractivity contribution in [2.45, 2.75) is 86.0 Å². The zero-order chi connectivity index (χ0) is 56.8. The third-order valence-corrected chi connectivity index (χ3v) is 16.8. The SMILES string of the molecule is Cc1nc2c(ccc3c4cc(Oc5cccc(-c6nc7ccccc7n6-c6c(C(C)C)cc(-c7ccccc7)cc6C(C)C)c5)cc(-c5nc6ccccc6n5-c5c(C(C)C)cc(-c6ccccc6)cc5C(C)C)c4oc32)c2ccccc12. The second-order valence-corrected chi connectivity index (χ2v) is 23.5. The molecule has 0 aliphatic heterocycles. The fourth-order valence-electron chi connectivity index (χ4n) is 12.7. The summed E-state index contributed by atoms with van der Waals surface area (Å²) in [5, 5.41) is 5.17. The van der Waals surface area contributed by atoms with E-state index in [9.17, 15) is 0 Å². The van der Waals surface area contributed by atoms with Crippen LogP contribution in [0.3, 0.4) is 0 Å². The van der Waals surface area contributed by atoms with Gasteiger partial charge >= 0.3 is 0 Å². The van der Waals surface area contributed by atoms with Gasteiger partial charge in [-0.2, -0.15) is 0 Å². The lowest BCUT2D eigenvalue weighted by molar-refractivity contribution is 0.483. The van der Waals surface area contributed by atoms with Crippen molar-refractivity contribution in [1.82, 2.24) is 24.1 Å². The molecule has 0 saturated carbocycles. The number of hydrogen-bond donors (Lipinski definition) is 0. The van der Waals surface area contributed by atoms with Crippen LogP contribution in [0.4, 0.5) is 0 Å². The number of para-hydroxylation sites is 4. The van der Waals surface area contributed by atoms with Crippen LogP contribution in [0.1, 0.15) is 107 Å². The maximum absolute atomic E-state index is 7.34. The number of rotatable bonds is 12. The van der Waals surface area contributed by atoms with Gasteiger partial charge in [0.25, 0.3) is 0 Å². The minimum Gasteiger partial charge on any atom is -0.457 e. The van der Waals surface area contributed by atoms with Crippen LogP contribution in [-0.2, 0) is 0 Å². The van der Waals surface area contributed by atoms with Crippen molar-refractivity contribution in [2.75, 3.05) is 0 Å². The lowest BCUT2D eigenvalue weighted by Gasteiger charge is -2.24. The topological polar surface area (TPSA) is 70.9 Å². The summed E-state index contributed by atoms with van der Waals surface area (Å²) in [6.45, 7) is 20.4. The van der Waals surface area contributed by atoms with Gasteiger partial charge in [0.05, 0.1) is 39.0 Å². The molecule has 0 radical (unpaired) electrons. The highest BCUT2D eigenvalue weighted by molar-refractivity contribution is 6.21. The van der Waals surface area contributed by atoms with Crippen LogP contribution in [0.5, 0.6) is 11.5 Å². The molecule has 0 amide bonds. The average Bonchev–Trinajstić information content (AvgIpc) is 3.91. The quantitative estimate of drug-likeness (QED) is 0.114. The summed E-state index contributed by atoms with van der Waals surface area (Å²) in [6.07, 6.45) is 0. The molecule has 7 nitrogen and oxygen atoms in total. The van der Waals surface area contributed by atoms with E-state index in [2.05, 4.69) is 272 Å². The van der Waals surface area contributed by atoms with Crippen molar-refractivity contribution in [3.05, 3.63) is 234 Å². The Hall–Kier alpha value is -9.59. The number of imidazole rings is 2. The lowest BCUT2D eigenvalue weighted by atomic mass is 9.88. The maximum Gasteiger partial charge on any atom is 0.161 e. The van der Waals surface area contributed by atoms with E-state index in [0.29, 0.717) is 17.1 Å². The minimum absolute atomic E-state index is 0.180. The van der Waals surface area contributed by atoms with Crippen molar-refractivity contribution in [1.29, 1.82) is 0 Å². The van der Waals surface area contributed by atoms with Crippen LogP contribution in [0.15, 0.2) is 211 Å². The highest BCUT2D eigenvalue weighted by atomic mass is 16.5. The molecule has 0 atom stereocenters. The first-order valence-corrected chi connectivity index (χ1v) is 29.3. The summed E-state index contributed by atoms with van der Waals surface area (Å²) in [6, 6.07) is 73.5. The molecule has 14 aromatic rings. The zero-order valence-electron chi connectivity index (χ0n) is 48.5. The first-order valence-electron chi connectivity index (χ1n) is 29.3. The number of hydrogen-bond acceptors (Lipinski definition) is 5. The Morgan fingerprint density at radius 1 is 0.361 bits per heavy atom. The molecular weight excluding hydrogens is 1010 g/mol. The molecule has 7 heteroatoms. The Balaban J connectivity index is 0.996. The summed E-state index contributed by atoms with van der Waals surface area (Å²) in [7, 11) is 0. The molecule has 406 valence electrons. The van der Waals surface area contributed by atoms with E-state index >= 15 is 0 Å². The van der Waals surface area contributed by atoms with Crippen molar-refractivity contribution in [3.63, 3.8) is 0 Å². The van der Waals surface area contributed by atoms with Crippen LogP contribution in [0, 0.1) is 6.92 Å². The number of aryl methyl sites for hydroxylation is 1. The summed E-state index contributed by atoms with van der Waals surface area (Å²) < 4.78 is 19.4.